The summed E-state index contributed by atoms with van der Waals surface area (Å²) in [6, 6.07) is 9.19. The lowest BCUT2D eigenvalue weighted by Crippen LogP contribution is -2.27. The SMILES string of the molecule is NC(CC(=O)NCc1nn[nH]n1)c1ccccc1. The molecule has 1 heterocycles. The smallest absolute Gasteiger partial charge is 0.222 e. The van der Waals surface area contributed by atoms with Crippen LogP contribution in [-0.4, -0.2) is 26.5 Å². The van der Waals surface area contributed by atoms with Gasteiger partial charge in [0.2, 0.25) is 5.91 Å². The second kappa shape index (κ2) is 5.87. The molecule has 1 atom stereocenters. The molecule has 1 aromatic carbocycles. The molecule has 4 N–H and O–H groups in total. The van der Waals surface area contributed by atoms with E-state index in [1.54, 1.807) is 0 Å². The normalized spacial score (nSPS) is 12.1. The number of hydrogen-bond acceptors (Lipinski definition) is 5. The van der Waals surface area contributed by atoms with Crippen LogP contribution in [0.15, 0.2) is 30.3 Å². The summed E-state index contributed by atoms with van der Waals surface area (Å²) in [7, 11) is 0. The minimum Gasteiger partial charge on any atom is -0.349 e. The highest BCUT2D eigenvalue weighted by molar-refractivity contribution is 5.76. The second-order valence-electron chi connectivity index (χ2n) is 3.83. The second-order valence-corrected chi connectivity index (χ2v) is 3.83. The minimum atomic E-state index is -0.309. The van der Waals surface area contributed by atoms with Crippen LogP contribution >= 0.6 is 0 Å². The van der Waals surface area contributed by atoms with Gasteiger partial charge in [-0.25, -0.2) is 0 Å². The molecule has 7 nitrogen and oxygen atoms in total. The van der Waals surface area contributed by atoms with Gasteiger partial charge in [0.1, 0.15) is 0 Å². The van der Waals surface area contributed by atoms with Crippen molar-refractivity contribution >= 4 is 5.91 Å². The van der Waals surface area contributed by atoms with E-state index in [0.717, 1.165) is 5.56 Å². The Morgan fingerprint density at radius 2 is 2.17 bits per heavy atom. The molecule has 0 aliphatic carbocycles. The van der Waals surface area contributed by atoms with E-state index in [4.69, 9.17) is 5.73 Å². The van der Waals surface area contributed by atoms with Crippen molar-refractivity contribution in [3.63, 3.8) is 0 Å². The molecule has 2 rings (SSSR count). The number of carbonyl (C=O) groups is 1. The van der Waals surface area contributed by atoms with Gasteiger partial charge in [-0.15, -0.1) is 10.2 Å². The van der Waals surface area contributed by atoms with E-state index in [0.29, 0.717) is 5.82 Å². The molecular weight excluding hydrogens is 232 g/mol. The van der Waals surface area contributed by atoms with Gasteiger partial charge in [0, 0.05) is 12.5 Å². The predicted molar refractivity (Wildman–Crippen MR) is 64.0 cm³/mol. The standard InChI is InChI=1S/C11H14N6O/c12-9(8-4-2-1-3-5-8)6-11(18)13-7-10-14-16-17-15-10/h1-5,9H,6-7,12H2,(H,13,18)(H,14,15,16,17). The Morgan fingerprint density at radius 3 is 2.83 bits per heavy atom. The van der Waals surface area contributed by atoms with Crippen molar-refractivity contribution in [3.8, 4) is 0 Å². The Bertz CT molecular complexity index is 483. The summed E-state index contributed by atoms with van der Waals surface area (Å²) >= 11 is 0. The Kier molecular flexibility index (Phi) is 3.98. The maximum atomic E-state index is 11.6. The highest BCUT2D eigenvalue weighted by Gasteiger charge is 2.11. The molecule has 0 bridgehead atoms. The van der Waals surface area contributed by atoms with Gasteiger partial charge >= 0.3 is 0 Å². The minimum absolute atomic E-state index is 0.142. The molecule has 0 aliphatic rings. The van der Waals surface area contributed by atoms with Crippen molar-refractivity contribution in [1.29, 1.82) is 0 Å². The zero-order valence-corrected chi connectivity index (χ0v) is 9.71. The van der Waals surface area contributed by atoms with E-state index >= 15 is 0 Å². The van der Waals surface area contributed by atoms with Crippen molar-refractivity contribution in [2.24, 2.45) is 5.73 Å². The number of nitrogens with zero attached hydrogens (tertiary/aromatic N) is 3. The molecule has 0 fully saturated rings. The summed E-state index contributed by atoms with van der Waals surface area (Å²) < 4.78 is 0. The Balaban J connectivity index is 1.80. The van der Waals surface area contributed by atoms with Gasteiger partial charge in [0.05, 0.1) is 6.54 Å². The molecule has 18 heavy (non-hydrogen) atoms. The summed E-state index contributed by atoms with van der Waals surface area (Å²) in [6.45, 7) is 0.247. The van der Waals surface area contributed by atoms with E-state index in [1.807, 2.05) is 30.3 Å². The fourth-order valence-electron chi connectivity index (χ4n) is 1.53. The topological polar surface area (TPSA) is 110 Å². The predicted octanol–water partition coefficient (Wildman–Crippen LogP) is -0.0940. The molecule has 94 valence electrons. The largest absolute Gasteiger partial charge is 0.349 e. The van der Waals surface area contributed by atoms with Crippen LogP contribution in [0.2, 0.25) is 0 Å². The number of aromatic amines is 1. The fraction of sp³-hybridized carbons (Fsp3) is 0.273. The molecule has 1 amide bonds. The molecule has 0 saturated heterocycles. The fourth-order valence-corrected chi connectivity index (χ4v) is 1.53. The van der Waals surface area contributed by atoms with Crippen molar-refractivity contribution < 1.29 is 4.79 Å². The van der Waals surface area contributed by atoms with Gasteiger partial charge in [0.25, 0.3) is 0 Å². The van der Waals surface area contributed by atoms with Crippen molar-refractivity contribution in [3.05, 3.63) is 41.7 Å². The average Bonchev–Trinajstić information content (AvgIpc) is 2.90. The Morgan fingerprint density at radius 1 is 1.39 bits per heavy atom. The van der Waals surface area contributed by atoms with E-state index in [1.165, 1.54) is 0 Å². The van der Waals surface area contributed by atoms with Crippen LogP contribution in [0.4, 0.5) is 0 Å². The van der Waals surface area contributed by atoms with Gasteiger partial charge in [0.15, 0.2) is 5.82 Å². The third-order valence-corrected chi connectivity index (χ3v) is 2.47. The first-order valence-corrected chi connectivity index (χ1v) is 5.55. The van der Waals surface area contributed by atoms with Crippen LogP contribution in [0, 0.1) is 0 Å². The van der Waals surface area contributed by atoms with Crippen LogP contribution in [0.3, 0.4) is 0 Å². The Hall–Kier alpha value is -2.28. The Labute approximate surface area is 104 Å². The number of tetrazole rings is 1. The van der Waals surface area contributed by atoms with Gasteiger partial charge in [-0.05, 0) is 5.56 Å². The van der Waals surface area contributed by atoms with Crippen LogP contribution in [0.1, 0.15) is 23.9 Å². The van der Waals surface area contributed by atoms with Gasteiger partial charge in [-0.2, -0.15) is 5.21 Å². The lowest BCUT2D eigenvalue weighted by atomic mass is 10.0. The van der Waals surface area contributed by atoms with Gasteiger partial charge in [-0.3, -0.25) is 4.79 Å². The lowest BCUT2D eigenvalue weighted by molar-refractivity contribution is -0.121. The van der Waals surface area contributed by atoms with Crippen LogP contribution in [0.5, 0.6) is 0 Å². The van der Waals surface area contributed by atoms with Crippen molar-refractivity contribution in [1.82, 2.24) is 25.9 Å². The molecular formula is C11H14N6O. The summed E-state index contributed by atoms with van der Waals surface area (Å²) in [5.74, 6) is 0.299. The first kappa shape index (κ1) is 12.2. The molecule has 1 aromatic heterocycles. The van der Waals surface area contributed by atoms with Crippen LogP contribution < -0.4 is 11.1 Å². The highest BCUT2D eigenvalue weighted by Crippen LogP contribution is 2.12. The van der Waals surface area contributed by atoms with Crippen LogP contribution in [-0.2, 0) is 11.3 Å². The first-order valence-electron chi connectivity index (χ1n) is 5.55. The summed E-state index contributed by atoms with van der Waals surface area (Å²) in [5, 5.41) is 15.9. The van der Waals surface area contributed by atoms with E-state index in [2.05, 4.69) is 25.9 Å². The maximum absolute atomic E-state index is 11.6. The quantitative estimate of drug-likeness (QED) is 0.682. The molecule has 0 radical (unpaired) electrons. The number of rotatable bonds is 5. The maximum Gasteiger partial charge on any atom is 0.222 e. The third-order valence-electron chi connectivity index (χ3n) is 2.47. The first-order chi connectivity index (χ1) is 8.75. The summed E-state index contributed by atoms with van der Waals surface area (Å²) in [5.41, 5.74) is 6.87. The number of benzene rings is 1. The summed E-state index contributed by atoms with van der Waals surface area (Å²) in [6.07, 6.45) is 0.224. The zero-order valence-electron chi connectivity index (χ0n) is 9.71. The molecule has 0 saturated carbocycles. The van der Waals surface area contributed by atoms with E-state index in [-0.39, 0.29) is 24.9 Å². The van der Waals surface area contributed by atoms with Crippen LogP contribution in [0.25, 0.3) is 0 Å². The number of H-pyrrole nitrogens is 1. The number of aromatic nitrogens is 4. The van der Waals surface area contributed by atoms with Gasteiger partial charge in [-0.1, -0.05) is 35.5 Å². The molecule has 7 heteroatoms. The number of hydrogen-bond donors (Lipinski definition) is 3. The van der Waals surface area contributed by atoms with Gasteiger partial charge < -0.3 is 11.1 Å². The molecule has 1 unspecified atom stereocenters. The average molecular weight is 246 g/mol. The highest BCUT2D eigenvalue weighted by atomic mass is 16.1. The summed E-state index contributed by atoms with van der Waals surface area (Å²) in [4.78, 5) is 11.6. The van der Waals surface area contributed by atoms with Crippen molar-refractivity contribution in [2.75, 3.05) is 0 Å². The van der Waals surface area contributed by atoms with E-state index < -0.39 is 0 Å². The molecule has 0 aliphatic heterocycles. The zero-order chi connectivity index (χ0) is 12.8. The molecule has 2 aromatic rings. The number of amides is 1. The number of nitrogens with two attached hydrogens (primary N) is 1. The number of nitrogens with one attached hydrogen (secondary N) is 2. The molecule has 0 spiro atoms. The number of carbonyl (C=O) groups excluding carboxylic acids is 1. The van der Waals surface area contributed by atoms with E-state index in [9.17, 15) is 4.79 Å². The third kappa shape index (κ3) is 3.36. The monoisotopic (exact) mass is 246 g/mol. The lowest BCUT2D eigenvalue weighted by Gasteiger charge is -2.11. The van der Waals surface area contributed by atoms with Crippen molar-refractivity contribution in [2.45, 2.75) is 19.0 Å².